The van der Waals surface area contributed by atoms with E-state index in [0.717, 1.165) is 24.0 Å². The van der Waals surface area contributed by atoms with Gasteiger partial charge in [-0.25, -0.2) is 18.1 Å². The lowest BCUT2D eigenvalue weighted by Crippen LogP contribution is -2.28. The van der Waals surface area contributed by atoms with Gasteiger partial charge in [0.1, 0.15) is 5.82 Å². The van der Waals surface area contributed by atoms with Crippen molar-refractivity contribution in [2.24, 2.45) is 0 Å². The Bertz CT molecular complexity index is 1200. The summed E-state index contributed by atoms with van der Waals surface area (Å²) in [5.74, 6) is 0.356. The van der Waals surface area contributed by atoms with Crippen LogP contribution in [-0.4, -0.2) is 26.4 Å². The number of halogens is 1. The largest absolute Gasteiger partial charge is 0.310 e. The normalized spacial score (nSPS) is 14.9. The number of carbonyl (C=O) groups is 1. The molecule has 0 radical (unpaired) electrons. The molecule has 4 rings (SSSR count). The number of hydrogen-bond acceptors (Lipinski definition) is 4. The molecule has 0 saturated heterocycles. The molecule has 1 aromatic heterocycles. The van der Waals surface area contributed by atoms with Gasteiger partial charge in [0.15, 0.2) is 0 Å². The minimum Gasteiger partial charge on any atom is -0.310 e. The molecule has 1 amide bonds. The topological polar surface area (TPSA) is 88.2 Å². The lowest BCUT2D eigenvalue weighted by atomic mass is 9.95. The van der Waals surface area contributed by atoms with Crippen LogP contribution in [0.3, 0.4) is 0 Å². The van der Waals surface area contributed by atoms with Crippen molar-refractivity contribution in [3.8, 4) is 11.3 Å². The summed E-state index contributed by atoms with van der Waals surface area (Å²) in [4.78, 5) is 17.7. The van der Waals surface area contributed by atoms with E-state index in [9.17, 15) is 13.2 Å². The van der Waals surface area contributed by atoms with Crippen molar-refractivity contribution < 1.29 is 16.1 Å². The summed E-state index contributed by atoms with van der Waals surface area (Å²) in [5, 5.41) is 3.56. The molecule has 0 spiro atoms. The molecule has 0 atom stereocenters. The summed E-state index contributed by atoms with van der Waals surface area (Å²) in [6, 6.07) is 19.1. The first-order chi connectivity index (χ1) is 14.3. The molecule has 2 aromatic carbocycles. The highest BCUT2D eigenvalue weighted by Gasteiger charge is 2.51. The smallest absolute Gasteiger partial charge is 0.240 e. The van der Waals surface area contributed by atoms with E-state index in [-0.39, 0.29) is 13.7 Å². The average Bonchev–Trinajstić information content (AvgIpc) is 3.57. The molecule has 2 N–H and O–H groups in total. The molecule has 30 heavy (non-hydrogen) atoms. The maximum Gasteiger partial charge on any atom is 0.240 e. The molecule has 0 bridgehead atoms. The number of pyridine rings is 1. The van der Waals surface area contributed by atoms with Crippen LogP contribution in [0.1, 0.15) is 21.3 Å². The minimum atomic E-state index is -3.50. The SMILES string of the molecule is CNS(=O)(=O)c1ccc(-c2cccc(NC(=O)C3(c4ccc(Cl)cc4)CC3)n2)cc1.[HH].[HH]. The molecule has 1 fully saturated rings. The van der Waals surface area contributed by atoms with Crippen LogP contribution in [0.5, 0.6) is 0 Å². The van der Waals surface area contributed by atoms with Crippen LogP contribution in [0.25, 0.3) is 11.3 Å². The van der Waals surface area contributed by atoms with E-state index in [2.05, 4.69) is 15.0 Å². The summed E-state index contributed by atoms with van der Waals surface area (Å²) in [6.45, 7) is 0. The predicted octanol–water partition coefficient (Wildman–Crippen LogP) is 4.47. The lowest BCUT2D eigenvalue weighted by molar-refractivity contribution is -0.118. The molecule has 158 valence electrons. The van der Waals surface area contributed by atoms with Gasteiger partial charge in [-0.2, -0.15) is 0 Å². The van der Waals surface area contributed by atoms with Crippen molar-refractivity contribution in [3.05, 3.63) is 77.3 Å². The molecule has 3 aromatic rings. The lowest BCUT2D eigenvalue weighted by Gasteiger charge is -2.16. The predicted molar refractivity (Wildman–Crippen MR) is 121 cm³/mol. The van der Waals surface area contributed by atoms with E-state index in [4.69, 9.17) is 11.6 Å². The van der Waals surface area contributed by atoms with E-state index in [1.54, 1.807) is 36.4 Å². The molecule has 1 heterocycles. The van der Waals surface area contributed by atoms with E-state index in [0.29, 0.717) is 16.5 Å². The van der Waals surface area contributed by atoms with Gasteiger partial charge >= 0.3 is 0 Å². The highest BCUT2D eigenvalue weighted by atomic mass is 35.5. The van der Waals surface area contributed by atoms with E-state index >= 15 is 0 Å². The van der Waals surface area contributed by atoms with Gasteiger partial charge in [0.2, 0.25) is 15.9 Å². The minimum absolute atomic E-state index is 0. The Morgan fingerprint density at radius 1 is 1.03 bits per heavy atom. The molecular formula is C22H24ClN3O3S. The van der Waals surface area contributed by atoms with Crippen LogP contribution in [0.2, 0.25) is 5.02 Å². The first-order valence-electron chi connectivity index (χ1n) is 9.43. The fourth-order valence-electron chi connectivity index (χ4n) is 3.36. The number of sulfonamides is 1. The molecule has 1 aliphatic rings. The number of nitrogens with one attached hydrogen (secondary N) is 2. The second kappa shape index (κ2) is 7.83. The summed E-state index contributed by atoms with van der Waals surface area (Å²) >= 11 is 5.96. The summed E-state index contributed by atoms with van der Waals surface area (Å²) in [6.07, 6.45) is 1.56. The molecule has 0 unspecified atom stereocenters. The number of amides is 1. The number of benzene rings is 2. The van der Waals surface area contributed by atoms with Crippen LogP contribution in [-0.2, 0) is 20.2 Å². The summed E-state index contributed by atoms with van der Waals surface area (Å²) in [7, 11) is -2.13. The third-order valence-electron chi connectivity index (χ3n) is 5.30. The quantitative estimate of drug-likeness (QED) is 0.585. The Hall–Kier alpha value is -2.74. The van der Waals surface area contributed by atoms with Crippen molar-refractivity contribution in [2.75, 3.05) is 12.4 Å². The van der Waals surface area contributed by atoms with Crippen molar-refractivity contribution in [2.45, 2.75) is 23.2 Å². The monoisotopic (exact) mass is 445 g/mol. The maximum atomic E-state index is 13.0. The third-order valence-corrected chi connectivity index (χ3v) is 6.98. The fourth-order valence-corrected chi connectivity index (χ4v) is 4.22. The van der Waals surface area contributed by atoms with Crippen LogP contribution < -0.4 is 10.0 Å². The molecular weight excluding hydrogens is 422 g/mol. The van der Waals surface area contributed by atoms with Crippen molar-refractivity contribution in [1.29, 1.82) is 0 Å². The van der Waals surface area contributed by atoms with E-state index in [1.165, 1.54) is 19.2 Å². The number of aromatic nitrogens is 1. The van der Waals surface area contributed by atoms with Gasteiger partial charge in [0.05, 0.1) is 16.0 Å². The first-order valence-corrected chi connectivity index (χ1v) is 11.3. The Morgan fingerprint density at radius 3 is 2.30 bits per heavy atom. The Kier molecular flexibility index (Phi) is 5.36. The fraction of sp³-hybridized carbons (Fsp3) is 0.182. The highest BCUT2D eigenvalue weighted by molar-refractivity contribution is 7.89. The Labute approximate surface area is 183 Å². The van der Waals surface area contributed by atoms with E-state index in [1.807, 2.05) is 18.2 Å². The van der Waals surface area contributed by atoms with Crippen molar-refractivity contribution in [3.63, 3.8) is 0 Å². The molecule has 1 saturated carbocycles. The number of hydrogen-bond donors (Lipinski definition) is 2. The standard InChI is InChI=1S/C22H20ClN3O3S.2H2/c1-24-30(28,29)18-11-5-15(6-12-18)19-3-2-4-20(25-19)26-21(27)22(13-14-22)16-7-9-17(23)10-8-16;;/h2-12,24H,13-14H2,1H3,(H,25,26,27);2*1H. The zero-order chi connectivity index (χ0) is 21.4. The number of carbonyl (C=O) groups excluding carboxylic acids is 1. The second-order valence-corrected chi connectivity index (χ2v) is 9.51. The molecule has 8 heteroatoms. The van der Waals surface area contributed by atoms with Crippen molar-refractivity contribution in [1.82, 2.24) is 9.71 Å². The van der Waals surface area contributed by atoms with Gasteiger partial charge < -0.3 is 5.32 Å². The Balaban J connectivity index is 0.00000181. The van der Waals surface area contributed by atoms with Gasteiger partial charge in [-0.1, -0.05) is 41.9 Å². The van der Waals surface area contributed by atoms with Crippen LogP contribution in [0.15, 0.2) is 71.6 Å². The first kappa shape index (κ1) is 20.5. The molecule has 6 nitrogen and oxygen atoms in total. The van der Waals surface area contributed by atoms with Gasteiger partial charge in [-0.15, -0.1) is 0 Å². The van der Waals surface area contributed by atoms with Gasteiger partial charge in [0, 0.05) is 13.4 Å². The maximum absolute atomic E-state index is 13.0. The number of anilines is 1. The third kappa shape index (κ3) is 3.96. The zero-order valence-corrected chi connectivity index (χ0v) is 17.8. The van der Waals surface area contributed by atoms with Crippen LogP contribution in [0, 0.1) is 0 Å². The number of nitrogens with zero attached hydrogens (tertiary/aromatic N) is 1. The summed E-state index contributed by atoms with van der Waals surface area (Å²) in [5.41, 5.74) is 1.80. The number of rotatable bonds is 6. The zero-order valence-electron chi connectivity index (χ0n) is 16.2. The highest BCUT2D eigenvalue weighted by Crippen LogP contribution is 2.49. The van der Waals surface area contributed by atoms with Gasteiger partial charge in [-0.3, -0.25) is 4.79 Å². The Morgan fingerprint density at radius 2 is 1.70 bits per heavy atom. The van der Waals surface area contributed by atoms with Crippen LogP contribution >= 0.6 is 11.6 Å². The molecule has 0 aliphatic heterocycles. The van der Waals surface area contributed by atoms with Crippen molar-refractivity contribution >= 4 is 33.3 Å². The van der Waals surface area contributed by atoms with Crippen LogP contribution in [0.4, 0.5) is 5.82 Å². The second-order valence-electron chi connectivity index (χ2n) is 7.18. The molecule has 1 aliphatic carbocycles. The van der Waals surface area contributed by atoms with Gasteiger partial charge in [-0.05, 0) is 61.9 Å². The van der Waals surface area contributed by atoms with E-state index < -0.39 is 15.4 Å². The average molecular weight is 446 g/mol. The van der Waals surface area contributed by atoms with Gasteiger partial charge in [0.25, 0.3) is 0 Å². The summed E-state index contributed by atoms with van der Waals surface area (Å²) < 4.78 is 26.0.